The predicted octanol–water partition coefficient (Wildman–Crippen LogP) is 3.23. The minimum atomic E-state index is -5.04. The van der Waals surface area contributed by atoms with Crippen LogP contribution in [0.5, 0.6) is 0 Å². The number of halogens is 7. The molecule has 0 spiro atoms. The van der Waals surface area contributed by atoms with Gasteiger partial charge in [0.15, 0.2) is 5.82 Å². The number of ether oxygens (including phenoxy) is 1. The molecule has 0 bridgehead atoms. The van der Waals surface area contributed by atoms with Crippen LogP contribution in [0.4, 0.5) is 30.7 Å². The number of nitrogens with zero attached hydrogens (tertiary/aromatic N) is 4. The third kappa shape index (κ3) is 3.67. The summed E-state index contributed by atoms with van der Waals surface area (Å²) < 4.78 is 100. The molecule has 3 aromatic rings. The molecule has 2 aromatic heterocycles. The molecule has 0 radical (unpaired) electrons. The summed E-state index contributed by atoms with van der Waals surface area (Å²) in [5.41, 5.74) is -6.46. The topological polar surface area (TPSA) is 71.0 Å². The molecule has 0 N–H and O–H groups in total. The van der Waals surface area contributed by atoms with Gasteiger partial charge in [0, 0.05) is 25.8 Å². The van der Waals surface area contributed by atoms with E-state index >= 15 is 4.39 Å². The highest BCUT2D eigenvalue weighted by Gasteiger charge is 2.39. The number of methoxy groups -OCH3 is 1. The highest BCUT2D eigenvalue weighted by Crippen LogP contribution is 2.35. The molecule has 0 aliphatic rings. The standard InChI is InChI=1S/C18H15F7N4O3/c1-4-8-13(19)9(29-12(30)6-11(17(20,21)22)27(2)16(29)31)5-10-14(8)26-15(18(23,24)25)28(10)7-32-3/h5-6H,4,7H2,1-3H3. The van der Waals surface area contributed by atoms with Crippen molar-refractivity contribution in [2.75, 3.05) is 7.11 Å². The van der Waals surface area contributed by atoms with Gasteiger partial charge in [-0.25, -0.2) is 18.7 Å². The molecular weight excluding hydrogens is 453 g/mol. The van der Waals surface area contributed by atoms with E-state index in [2.05, 4.69) is 4.98 Å². The van der Waals surface area contributed by atoms with Crippen LogP contribution in [0.1, 0.15) is 24.0 Å². The fraction of sp³-hybridized carbons (Fsp3) is 0.389. The van der Waals surface area contributed by atoms with Crippen LogP contribution in [-0.4, -0.2) is 25.8 Å². The number of hydrogen-bond acceptors (Lipinski definition) is 4. The van der Waals surface area contributed by atoms with Gasteiger partial charge >= 0.3 is 18.0 Å². The van der Waals surface area contributed by atoms with E-state index in [-0.39, 0.29) is 38.2 Å². The largest absolute Gasteiger partial charge is 0.449 e. The second kappa shape index (κ2) is 7.76. The van der Waals surface area contributed by atoms with Gasteiger partial charge in [-0.05, 0) is 12.5 Å². The van der Waals surface area contributed by atoms with Crippen LogP contribution in [0.25, 0.3) is 16.7 Å². The third-order valence-corrected chi connectivity index (χ3v) is 4.77. The first kappa shape index (κ1) is 23.5. The minimum absolute atomic E-state index is 0.101. The van der Waals surface area contributed by atoms with Crippen molar-refractivity contribution in [3.05, 3.63) is 55.9 Å². The normalized spacial score (nSPS) is 12.7. The van der Waals surface area contributed by atoms with Crippen LogP contribution >= 0.6 is 0 Å². The van der Waals surface area contributed by atoms with Crippen molar-refractivity contribution in [1.29, 1.82) is 0 Å². The van der Waals surface area contributed by atoms with Gasteiger partial charge < -0.3 is 4.74 Å². The summed E-state index contributed by atoms with van der Waals surface area (Å²) in [7, 11) is 1.84. The number of aryl methyl sites for hydroxylation is 1. The van der Waals surface area contributed by atoms with E-state index in [4.69, 9.17) is 4.74 Å². The Morgan fingerprint density at radius 3 is 2.19 bits per heavy atom. The zero-order chi connectivity index (χ0) is 24.2. The molecule has 1 aromatic carbocycles. The molecule has 7 nitrogen and oxygen atoms in total. The minimum Gasteiger partial charge on any atom is -0.364 e. The van der Waals surface area contributed by atoms with Crippen LogP contribution in [0.15, 0.2) is 21.7 Å². The second-order valence-electron chi connectivity index (χ2n) is 6.73. The Morgan fingerprint density at radius 2 is 1.69 bits per heavy atom. The molecule has 0 saturated carbocycles. The van der Waals surface area contributed by atoms with Gasteiger partial charge in [0.25, 0.3) is 5.56 Å². The molecule has 0 atom stereocenters. The molecule has 0 saturated heterocycles. The number of aromatic nitrogens is 4. The number of benzene rings is 1. The van der Waals surface area contributed by atoms with E-state index in [1.165, 1.54) is 6.92 Å². The Balaban J connectivity index is 2.48. The number of imidazole rings is 1. The number of alkyl halides is 6. The number of rotatable bonds is 4. The van der Waals surface area contributed by atoms with Crippen molar-refractivity contribution in [2.24, 2.45) is 7.05 Å². The molecule has 174 valence electrons. The quantitative estimate of drug-likeness (QED) is 0.552. The Labute approximate surface area is 174 Å². The average molecular weight is 468 g/mol. The molecule has 0 aliphatic carbocycles. The van der Waals surface area contributed by atoms with E-state index in [0.29, 0.717) is 4.57 Å². The van der Waals surface area contributed by atoms with E-state index in [1.54, 1.807) is 0 Å². The lowest BCUT2D eigenvalue weighted by Crippen LogP contribution is -2.41. The average Bonchev–Trinajstić information content (AvgIpc) is 3.03. The molecule has 2 heterocycles. The van der Waals surface area contributed by atoms with Crippen molar-refractivity contribution < 1.29 is 35.5 Å². The van der Waals surface area contributed by atoms with Crippen LogP contribution in [0.2, 0.25) is 0 Å². The van der Waals surface area contributed by atoms with Gasteiger partial charge in [-0.15, -0.1) is 0 Å². The maximum atomic E-state index is 15.2. The molecular formula is C18H15F7N4O3. The smallest absolute Gasteiger partial charge is 0.364 e. The fourth-order valence-electron chi connectivity index (χ4n) is 3.37. The van der Waals surface area contributed by atoms with Crippen LogP contribution in [0.3, 0.4) is 0 Å². The summed E-state index contributed by atoms with van der Waals surface area (Å²) in [6, 6.07) is 0.853. The molecule has 14 heteroatoms. The Hall–Kier alpha value is -3.16. The Bertz CT molecular complexity index is 1320. The van der Waals surface area contributed by atoms with Crippen LogP contribution in [-0.2, 0) is 37.3 Å². The summed E-state index contributed by atoms with van der Waals surface area (Å²) >= 11 is 0. The lowest BCUT2D eigenvalue weighted by atomic mass is 10.1. The van der Waals surface area contributed by atoms with Gasteiger partial charge in [-0.3, -0.25) is 13.9 Å². The molecule has 0 unspecified atom stereocenters. The molecule has 0 aliphatic heterocycles. The highest BCUT2D eigenvalue weighted by atomic mass is 19.4. The summed E-state index contributed by atoms with van der Waals surface area (Å²) in [5, 5.41) is 0. The van der Waals surface area contributed by atoms with Crippen molar-refractivity contribution in [2.45, 2.75) is 32.4 Å². The van der Waals surface area contributed by atoms with E-state index in [9.17, 15) is 35.9 Å². The van der Waals surface area contributed by atoms with E-state index < -0.39 is 53.4 Å². The predicted molar refractivity (Wildman–Crippen MR) is 96.9 cm³/mol. The molecule has 0 amide bonds. The fourth-order valence-corrected chi connectivity index (χ4v) is 3.37. The first-order valence-corrected chi connectivity index (χ1v) is 8.92. The third-order valence-electron chi connectivity index (χ3n) is 4.77. The lowest BCUT2D eigenvalue weighted by Gasteiger charge is -2.16. The first-order chi connectivity index (χ1) is 14.7. The maximum absolute atomic E-state index is 15.2. The highest BCUT2D eigenvalue weighted by molar-refractivity contribution is 5.83. The van der Waals surface area contributed by atoms with Crippen LogP contribution < -0.4 is 11.2 Å². The Morgan fingerprint density at radius 1 is 1.06 bits per heavy atom. The summed E-state index contributed by atoms with van der Waals surface area (Å²) in [6.45, 7) is 0.747. The molecule has 32 heavy (non-hydrogen) atoms. The lowest BCUT2D eigenvalue weighted by molar-refractivity contribution is -0.149. The number of hydrogen-bond donors (Lipinski definition) is 0. The van der Waals surface area contributed by atoms with Gasteiger partial charge in [0.05, 0.1) is 16.7 Å². The Kier molecular flexibility index (Phi) is 5.70. The van der Waals surface area contributed by atoms with Gasteiger partial charge in [0.2, 0.25) is 5.82 Å². The van der Waals surface area contributed by atoms with Gasteiger partial charge in [0.1, 0.15) is 12.4 Å². The van der Waals surface area contributed by atoms with E-state index in [1.807, 2.05) is 0 Å². The summed E-state index contributed by atoms with van der Waals surface area (Å²) in [6.07, 6.45) is -10.2. The van der Waals surface area contributed by atoms with Crippen molar-refractivity contribution in [3.63, 3.8) is 0 Å². The summed E-state index contributed by atoms with van der Waals surface area (Å²) in [4.78, 5) is 28.4. The maximum Gasteiger partial charge on any atom is 0.449 e. The van der Waals surface area contributed by atoms with Gasteiger partial charge in [-0.2, -0.15) is 26.3 Å². The molecule has 0 fully saturated rings. The summed E-state index contributed by atoms with van der Waals surface area (Å²) in [5.74, 6) is -2.66. The second-order valence-corrected chi connectivity index (χ2v) is 6.73. The first-order valence-electron chi connectivity index (χ1n) is 8.92. The number of fused-ring (bicyclic) bond motifs is 1. The monoisotopic (exact) mass is 468 g/mol. The van der Waals surface area contributed by atoms with Crippen molar-refractivity contribution in [1.82, 2.24) is 18.7 Å². The van der Waals surface area contributed by atoms with Crippen molar-refractivity contribution >= 4 is 11.0 Å². The zero-order valence-corrected chi connectivity index (χ0v) is 16.7. The SMILES string of the molecule is CCc1c(F)c(-n2c(=O)cc(C(F)(F)F)n(C)c2=O)cc2c1nc(C(F)(F)F)n2COC. The van der Waals surface area contributed by atoms with E-state index in [0.717, 1.165) is 20.2 Å². The zero-order valence-electron chi connectivity index (χ0n) is 16.7. The van der Waals surface area contributed by atoms with Crippen molar-refractivity contribution in [3.8, 4) is 5.69 Å². The van der Waals surface area contributed by atoms with Crippen LogP contribution in [0, 0.1) is 5.82 Å². The molecule has 3 rings (SSSR count). The van der Waals surface area contributed by atoms with Gasteiger partial charge in [-0.1, -0.05) is 6.92 Å².